The summed E-state index contributed by atoms with van der Waals surface area (Å²) in [6.07, 6.45) is 1.07. The Labute approximate surface area is 131 Å². The molecule has 1 atom stereocenters. The minimum absolute atomic E-state index is 0.0803. The topological polar surface area (TPSA) is 43.9 Å². The van der Waals surface area contributed by atoms with E-state index < -0.39 is 0 Å². The molecule has 2 saturated heterocycles. The van der Waals surface area contributed by atoms with Crippen molar-refractivity contribution in [1.82, 2.24) is 14.7 Å². The molecule has 2 aliphatic heterocycles. The van der Waals surface area contributed by atoms with E-state index in [4.69, 9.17) is 0 Å². The zero-order valence-electron chi connectivity index (χ0n) is 13.1. The number of carbonyl (C=O) groups excluding carboxylic acids is 2. The first-order valence-electron chi connectivity index (χ1n) is 8.03. The van der Waals surface area contributed by atoms with Crippen molar-refractivity contribution in [3.05, 3.63) is 35.9 Å². The first-order valence-corrected chi connectivity index (χ1v) is 8.03. The molecular weight excluding hydrogens is 278 g/mol. The van der Waals surface area contributed by atoms with E-state index in [0.29, 0.717) is 19.6 Å². The van der Waals surface area contributed by atoms with E-state index in [-0.39, 0.29) is 24.4 Å². The molecule has 2 aliphatic rings. The summed E-state index contributed by atoms with van der Waals surface area (Å²) in [5, 5.41) is 0. The summed E-state index contributed by atoms with van der Waals surface area (Å²) < 4.78 is 0. The van der Waals surface area contributed by atoms with Crippen LogP contribution in [-0.4, -0.2) is 65.3 Å². The van der Waals surface area contributed by atoms with Gasteiger partial charge < -0.3 is 9.80 Å². The fourth-order valence-corrected chi connectivity index (χ4v) is 3.35. The molecule has 1 aromatic rings. The SMILES string of the molecule is CCCN1CCN2C(=O)CN(Cc3ccccc3)C(=O)C2C1. The van der Waals surface area contributed by atoms with Crippen molar-refractivity contribution in [1.29, 1.82) is 0 Å². The Morgan fingerprint density at radius 2 is 1.91 bits per heavy atom. The first-order chi connectivity index (χ1) is 10.7. The predicted molar refractivity (Wildman–Crippen MR) is 84.1 cm³/mol. The Balaban J connectivity index is 1.72. The molecule has 1 unspecified atom stereocenters. The smallest absolute Gasteiger partial charge is 0.247 e. The monoisotopic (exact) mass is 301 g/mol. The summed E-state index contributed by atoms with van der Waals surface area (Å²) in [5.74, 6) is 0.168. The summed E-state index contributed by atoms with van der Waals surface area (Å²) >= 11 is 0. The van der Waals surface area contributed by atoms with Gasteiger partial charge in [-0.1, -0.05) is 37.3 Å². The lowest BCUT2D eigenvalue weighted by Crippen LogP contribution is -2.66. The second kappa shape index (κ2) is 6.48. The highest BCUT2D eigenvalue weighted by Crippen LogP contribution is 2.20. The summed E-state index contributed by atoms with van der Waals surface area (Å²) in [4.78, 5) is 30.9. The Morgan fingerprint density at radius 1 is 1.14 bits per heavy atom. The highest BCUT2D eigenvalue weighted by Gasteiger charge is 2.42. The van der Waals surface area contributed by atoms with Crippen molar-refractivity contribution in [3.8, 4) is 0 Å². The van der Waals surface area contributed by atoms with Crippen LogP contribution in [0.4, 0.5) is 0 Å². The largest absolute Gasteiger partial charge is 0.327 e. The van der Waals surface area contributed by atoms with Crippen LogP contribution < -0.4 is 0 Å². The number of amides is 2. The number of nitrogens with zero attached hydrogens (tertiary/aromatic N) is 3. The molecule has 0 aromatic heterocycles. The summed E-state index contributed by atoms with van der Waals surface area (Å²) in [6.45, 7) is 6.08. The van der Waals surface area contributed by atoms with E-state index in [2.05, 4.69) is 11.8 Å². The van der Waals surface area contributed by atoms with Crippen LogP contribution in [0.15, 0.2) is 30.3 Å². The van der Waals surface area contributed by atoms with Gasteiger partial charge >= 0.3 is 0 Å². The van der Waals surface area contributed by atoms with Crippen molar-refractivity contribution in [2.45, 2.75) is 25.9 Å². The fourth-order valence-electron chi connectivity index (χ4n) is 3.35. The molecule has 0 N–H and O–H groups in total. The zero-order chi connectivity index (χ0) is 15.5. The van der Waals surface area contributed by atoms with Crippen LogP contribution in [0.5, 0.6) is 0 Å². The zero-order valence-corrected chi connectivity index (χ0v) is 13.1. The van der Waals surface area contributed by atoms with E-state index in [9.17, 15) is 9.59 Å². The summed E-state index contributed by atoms with van der Waals surface area (Å²) in [6, 6.07) is 9.56. The van der Waals surface area contributed by atoms with E-state index in [1.165, 1.54) is 0 Å². The molecule has 0 bridgehead atoms. The van der Waals surface area contributed by atoms with E-state index >= 15 is 0 Å². The third kappa shape index (κ3) is 2.99. The third-order valence-corrected chi connectivity index (χ3v) is 4.46. The van der Waals surface area contributed by atoms with Crippen LogP contribution in [0.1, 0.15) is 18.9 Å². The van der Waals surface area contributed by atoms with Gasteiger partial charge in [-0.05, 0) is 18.5 Å². The molecule has 2 fully saturated rings. The maximum Gasteiger partial charge on any atom is 0.247 e. The molecule has 5 heteroatoms. The van der Waals surface area contributed by atoms with Crippen LogP contribution in [-0.2, 0) is 16.1 Å². The Morgan fingerprint density at radius 3 is 2.64 bits per heavy atom. The molecule has 0 radical (unpaired) electrons. The second-order valence-electron chi connectivity index (χ2n) is 6.08. The molecule has 2 heterocycles. The van der Waals surface area contributed by atoms with Crippen molar-refractivity contribution in [2.75, 3.05) is 32.7 Å². The van der Waals surface area contributed by atoms with Crippen LogP contribution in [0.25, 0.3) is 0 Å². The second-order valence-corrected chi connectivity index (χ2v) is 6.08. The van der Waals surface area contributed by atoms with Crippen molar-refractivity contribution in [2.24, 2.45) is 0 Å². The lowest BCUT2D eigenvalue weighted by molar-refractivity contribution is -0.160. The van der Waals surface area contributed by atoms with E-state index in [0.717, 1.165) is 25.1 Å². The molecule has 0 aliphatic carbocycles. The maximum atomic E-state index is 12.8. The normalized spacial score (nSPS) is 22.9. The molecule has 22 heavy (non-hydrogen) atoms. The predicted octanol–water partition coefficient (Wildman–Crippen LogP) is 0.952. The lowest BCUT2D eigenvalue weighted by Gasteiger charge is -2.46. The number of carbonyl (C=O) groups is 2. The maximum absolute atomic E-state index is 12.8. The highest BCUT2D eigenvalue weighted by molar-refractivity contribution is 5.95. The molecule has 118 valence electrons. The average molecular weight is 301 g/mol. The van der Waals surface area contributed by atoms with Crippen LogP contribution in [0, 0.1) is 0 Å². The first kappa shape index (κ1) is 15.0. The molecule has 0 spiro atoms. The van der Waals surface area contributed by atoms with Gasteiger partial charge in [0.1, 0.15) is 12.6 Å². The number of hydrogen-bond donors (Lipinski definition) is 0. The van der Waals surface area contributed by atoms with Crippen molar-refractivity contribution in [3.63, 3.8) is 0 Å². The number of fused-ring (bicyclic) bond motifs is 1. The minimum Gasteiger partial charge on any atom is -0.327 e. The number of benzene rings is 1. The van der Waals surface area contributed by atoms with Crippen molar-refractivity contribution < 1.29 is 9.59 Å². The number of piperazine rings is 2. The van der Waals surface area contributed by atoms with Gasteiger partial charge in [-0.2, -0.15) is 0 Å². The molecule has 1 aromatic carbocycles. The lowest BCUT2D eigenvalue weighted by atomic mass is 10.1. The standard InChI is InChI=1S/C17H23N3O2/c1-2-8-18-9-10-20-15(12-18)17(22)19(13-16(20)21)11-14-6-4-3-5-7-14/h3-7,15H,2,8-13H2,1H3. The highest BCUT2D eigenvalue weighted by atomic mass is 16.2. The summed E-state index contributed by atoms with van der Waals surface area (Å²) in [7, 11) is 0. The number of rotatable bonds is 4. The third-order valence-electron chi connectivity index (χ3n) is 4.46. The van der Waals surface area contributed by atoms with Crippen molar-refractivity contribution >= 4 is 11.8 Å². The summed E-state index contributed by atoms with van der Waals surface area (Å²) in [5.41, 5.74) is 1.07. The molecule has 2 amide bonds. The van der Waals surface area contributed by atoms with Gasteiger partial charge in [0.05, 0.1) is 0 Å². The minimum atomic E-state index is -0.301. The quantitative estimate of drug-likeness (QED) is 0.832. The average Bonchev–Trinajstić information content (AvgIpc) is 2.53. The Kier molecular flexibility index (Phi) is 4.43. The molecule has 0 saturated carbocycles. The van der Waals surface area contributed by atoms with Gasteiger partial charge in [0.25, 0.3) is 0 Å². The van der Waals surface area contributed by atoms with Crippen LogP contribution >= 0.6 is 0 Å². The Hall–Kier alpha value is -1.88. The fraction of sp³-hybridized carbons (Fsp3) is 0.529. The van der Waals surface area contributed by atoms with Crippen LogP contribution in [0.2, 0.25) is 0 Å². The number of hydrogen-bond acceptors (Lipinski definition) is 3. The van der Waals surface area contributed by atoms with Gasteiger partial charge in [0.2, 0.25) is 11.8 Å². The van der Waals surface area contributed by atoms with Gasteiger partial charge in [0, 0.05) is 26.2 Å². The molecule has 3 rings (SSSR count). The van der Waals surface area contributed by atoms with Crippen LogP contribution in [0.3, 0.4) is 0 Å². The van der Waals surface area contributed by atoms with Gasteiger partial charge in [-0.25, -0.2) is 0 Å². The Bertz CT molecular complexity index is 546. The van der Waals surface area contributed by atoms with Gasteiger partial charge in [0.15, 0.2) is 0 Å². The molecule has 5 nitrogen and oxygen atoms in total. The van der Waals surface area contributed by atoms with E-state index in [1.807, 2.05) is 30.3 Å². The van der Waals surface area contributed by atoms with Gasteiger partial charge in [-0.15, -0.1) is 0 Å². The van der Waals surface area contributed by atoms with Gasteiger partial charge in [-0.3, -0.25) is 14.5 Å². The molecular formula is C17H23N3O2. The van der Waals surface area contributed by atoms with E-state index in [1.54, 1.807) is 9.80 Å².